The largest absolute Gasteiger partial charge is 0.496 e. The molecule has 0 spiro atoms. The van der Waals surface area contributed by atoms with E-state index in [1.165, 1.54) is 0 Å². The number of ether oxygens (including phenoxy) is 2. The summed E-state index contributed by atoms with van der Waals surface area (Å²) in [6.45, 7) is 9.26. The van der Waals surface area contributed by atoms with Crippen molar-refractivity contribution in [1.82, 2.24) is 29.7 Å². The van der Waals surface area contributed by atoms with Gasteiger partial charge in [0.15, 0.2) is 5.65 Å². The SMILES string of the molecule is CCCCOc1nc(N)c2cc(C#N)n(Cc3ccc(CN4CCN(CCNC=O)CC4)cc3OC)c2n1. The minimum atomic E-state index is 0.217. The number of nitrogen functional groups attached to an aromatic ring is 1. The minimum absolute atomic E-state index is 0.217. The van der Waals surface area contributed by atoms with E-state index in [0.29, 0.717) is 42.2 Å². The summed E-state index contributed by atoms with van der Waals surface area (Å²) < 4.78 is 13.3. The molecule has 38 heavy (non-hydrogen) atoms. The maximum absolute atomic E-state index is 10.4. The maximum Gasteiger partial charge on any atom is 0.320 e. The number of nitriles is 1. The Hall–Kier alpha value is -3.88. The lowest BCUT2D eigenvalue weighted by Gasteiger charge is -2.34. The predicted octanol–water partition coefficient (Wildman–Crippen LogP) is 1.98. The second kappa shape index (κ2) is 13.1. The Morgan fingerprint density at radius 1 is 1.16 bits per heavy atom. The monoisotopic (exact) mass is 520 g/mol. The van der Waals surface area contributed by atoms with Crippen molar-refractivity contribution < 1.29 is 14.3 Å². The molecule has 4 rings (SSSR count). The van der Waals surface area contributed by atoms with E-state index in [1.807, 2.05) is 10.6 Å². The van der Waals surface area contributed by atoms with Gasteiger partial charge in [0.25, 0.3) is 0 Å². The molecule has 0 aliphatic carbocycles. The second-order valence-corrected chi connectivity index (χ2v) is 9.39. The van der Waals surface area contributed by atoms with Crippen LogP contribution in [0.15, 0.2) is 24.3 Å². The molecule has 3 N–H and O–H groups in total. The summed E-state index contributed by atoms with van der Waals surface area (Å²) in [6, 6.07) is 10.4. The average Bonchev–Trinajstić information content (AvgIpc) is 3.28. The molecule has 0 unspecified atom stereocenters. The van der Waals surface area contributed by atoms with Crippen molar-refractivity contribution in [2.45, 2.75) is 32.9 Å². The minimum Gasteiger partial charge on any atom is -0.496 e. The van der Waals surface area contributed by atoms with E-state index in [4.69, 9.17) is 15.2 Å². The van der Waals surface area contributed by atoms with Gasteiger partial charge in [-0.25, -0.2) is 0 Å². The first kappa shape index (κ1) is 27.2. The van der Waals surface area contributed by atoms with Gasteiger partial charge in [0.05, 0.1) is 25.6 Å². The lowest BCUT2D eigenvalue weighted by molar-refractivity contribution is -0.109. The number of hydrogen-bond acceptors (Lipinski definition) is 9. The van der Waals surface area contributed by atoms with E-state index in [2.05, 4.69) is 50.2 Å². The number of nitrogens with one attached hydrogen (secondary N) is 1. The zero-order valence-electron chi connectivity index (χ0n) is 22.2. The molecule has 3 aromatic rings. The van der Waals surface area contributed by atoms with E-state index < -0.39 is 0 Å². The number of amides is 1. The number of rotatable bonds is 13. The van der Waals surface area contributed by atoms with Crippen molar-refractivity contribution in [3.63, 3.8) is 0 Å². The van der Waals surface area contributed by atoms with Crippen LogP contribution in [0.2, 0.25) is 0 Å². The van der Waals surface area contributed by atoms with E-state index in [0.717, 1.165) is 75.4 Å². The molecule has 0 radical (unpaired) electrons. The summed E-state index contributed by atoms with van der Waals surface area (Å²) in [5.41, 5.74) is 9.30. The number of methoxy groups -OCH3 is 1. The van der Waals surface area contributed by atoms with Gasteiger partial charge < -0.3 is 25.1 Å². The molecule has 1 aliphatic rings. The molecule has 11 heteroatoms. The van der Waals surface area contributed by atoms with Crippen LogP contribution in [-0.2, 0) is 17.9 Å². The number of benzene rings is 1. The first-order valence-electron chi connectivity index (χ1n) is 13.0. The van der Waals surface area contributed by atoms with Crippen LogP contribution in [0.25, 0.3) is 11.0 Å². The van der Waals surface area contributed by atoms with E-state index in [9.17, 15) is 10.1 Å². The summed E-state index contributed by atoms with van der Waals surface area (Å²) >= 11 is 0. The fraction of sp³-hybridized carbons (Fsp3) is 0.481. The number of nitrogens with two attached hydrogens (primary N) is 1. The lowest BCUT2D eigenvalue weighted by atomic mass is 10.1. The average molecular weight is 521 g/mol. The molecule has 0 saturated carbocycles. The summed E-state index contributed by atoms with van der Waals surface area (Å²) in [5.74, 6) is 1.05. The number of piperazine rings is 1. The van der Waals surface area contributed by atoms with Gasteiger partial charge in [0.2, 0.25) is 6.41 Å². The van der Waals surface area contributed by atoms with Crippen molar-refractivity contribution >= 4 is 23.3 Å². The quantitative estimate of drug-likeness (QED) is 0.256. The third kappa shape index (κ3) is 6.51. The van der Waals surface area contributed by atoms with E-state index in [1.54, 1.807) is 13.2 Å². The van der Waals surface area contributed by atoms with Crippen molar-refractivity contribution in [3.05, 3.63) is 41.1 Å². The maximum atomic E-state index is 10.4. The van der Waals surface area contributed by atoms with Gasteiger partial charge in [-0.15, -0.1) is 0 Å². The van der Waals surface area contributed by atoms with Crippen molar-refractivity contribution in [2.24, 2.45) is 0 Å². The predicted molar refractivity (Wildman–Crippen MR) is 145 cm³/mol. The Labute approximate surface area is 223 Å². The fourth-order valence-corrected chi connectivity index (χ4v) is 4.65. The third-order valence-corrected chi connectivity index (χ3v) is 6.81. The number of aromatic nitrogens is 3. The smallest absolute Gasteiger partial charge is 0.320 e. The molecular formula is C27H36N8O3. The number of anilines is 1. The Balaban J connectivity index is 1.49. The number of hydrogen-bond donors (Lipinski definition) is 2. The summed E-state index contributed by atoms with van der Waals surface area (Å²) in [5, 5.41) is 13.2. The topological polar surface area (TPSA) is 135 Å². The van der Waals surface area contributed by atoms with Crippen molar-refractivity contribution in [2.75, 3.05) is 58.7 Å². The van der Waals surface area contributed by atoms with E-state index in [-0.39, 0.29) is 6.01 Å². The van der Waals surface area contributed by atoms with Crippen LogP contribution in [0.5, 0.6) is 11.8 Å². The molecule has 3 heterocycles. The highest BCUT2D eigenvalue weighted by Gasteiger charge is 2.19. The first-order valence-corrected chi connectivity index (χ1v) is 13.0. The standard InChI is InChI=1S/C27H36N8O3/c1-3-4-13-38-27-31-25(29)23-15-22(16-28)35(26(23)32-27)18-21-6-5-20(14-24(21)37-2)17-34-11-9-33(10-12-34)8-7-30-19-36/h5-6,14-15,19H,3-4,7-13,17-18H2,1-2H3,(H,30,36)(H2,29,31,32). The van der Waals surface area contributed by atoms with Gasteiger partial charge in [-0.3, -0.25) is 14.6 Å². The summed E-state index contributed by atoms with van der Waals surface area (Å²) in [4.78, 5) is 24.1. The Morgan fingerprint density at radius 3 is 2.66 bits per heavy atom. The fourth-order valence-electron chi connectivity index (χ4n) is 4.65. The number of fused-ring (bicyclic) bond motifs is 1. The molecule has 1 aromatic carbocycles. The van der Waals surface area contributed by atoms with Crippen LogP contribution >= 0.6 is 0 Å². The number of unbranched alkanes of at least 4 members (excludes halogenated alkanes) is 1. The summed E-state index contributed by atoms with van der Waals surface area (Å²) in [7, 11) is 1.66. The van der Waals surface area contributed by atoms with Crippen LogP contribution in [0.4, 0.5) is 5.82 Å². The second-order valence-electron chi connectivity index (χ2n) is 9.39. The van der Waals surface area contributed by atoms with Crippen LogP contribution in [0, 0.1) is 11.3 Å². The van der Waals surface area contributed by atoms with Gasteiger partial charge >= 0.3 is 6.01 Å². The van der Waals surface area contributed by atoms with E-state index >= 15 is 0 Å². The molecule has 0 bridgehead atoms. The molecule has 11 nitrogen and oxygen atoms in total. The Kier molecular flexibility index (Phi) is 9.35. The van der Waals surface area contributed by atoms with Gasteiger partial charge in [0, 0.05) is 51.4 Å². The van der Waals surface area contributed by atoms with Crippen LogP contribution in [-0.4, -0.2) is 83.7 Å². The van der Waals surface area contributed by atoms with Gasteiger partial charge in [0.1, 0.15) is 23.3 Å². The van der Waals surface area contributed by atoms with Crippen LogP contribution in [0.3, 0.4) is 0 Å². The van der Waals surface area contributed by atoms with Crippen molar-refractivity contribution in [1.29, 1.82) is 5.26 Å². The lowest BCUT2D eigenvalue weighted by Crippen LogP contribution is -2.47. The van der Waals surface area contributed by atoms with Gasteiger partial charge in [-0.05, 0) is 24.1 Å². The molecule has 1 amide bonds. The molecule has 0 atom stereocenters. The van der Waals surface area contributed by atoms with Crippen LogP contribution in [0.1, 0.15) is 36.6 Å². The molecular weight excluding hydrogens is 484 g/mol. The molecule has 202 valence electrons. The molecule has 1 aliphatic heterocycles. The highest BCUT2D eigenvalue weighted by atomic mass is 16.5. The molecule has 1 saturated heterocycles. The molecule has 1 fully saturated rings. The Morgan fingerprint density at radius 2 is 1.95 bits per heavy atom. The normalized spacial score (nSPS) is 14.3. The van der Waals surface area contributed by atoms with Crippen molar-refractivity contribution in [3.8, 4) is 17.8 Å². The molecule has 2 aromatic heterocycles. The highest BCUT2D eigenvalue weighted by molar-refractivity contribution is 5.88. The van der Waals surface area contributed by atoms with Gasteiger partial charge in [-0.2, -0.15) is 15.2 Å². The Bertz CT molecular complexity index is 1280. The first-order chi connectivity index (χ1) is 18.6. The van der Waals surface area contributed by atoms with Gasteiger partial charge in [-0.1, -0.05) is 25.5 Å². The number of nitrogens with zero attached hydrogens (tertiary/aromatic N) is 6. The third-order valence-electron chi connectivity index (χ3n) is 6.81. The summed E-state index contributed by atoms with van der Waals surface area (Å²) in [6.07, 6.45) is 2.64. The number of carbonyl (C=O) groups is 1. The number of carbonyl (C=O) groups excluding carboxylic acids is 1. The highest BCUT2D eigenvalue weighted by Crippen LogP contribution is 2.28. The zero-order valence-corrected chi connectivity index (χ0v) is 22.2. The zero-order chi connectivity index (χ0) is 26.9. The van der Waals surface area contributed by atoms with Crippen LogP contribution < -0.4 is 20.5 Å².